The minimum absolute atomic E-state index is 0.00445. The van der Waals surface area contributed by atoms with E-state index in [1.54, 1.807) is 10.6 Å². The molecule has 0 saturated heterocycles. The molecule has 3 N–H and O–H groups in total. The minimum atomic E-state index is -1.17. The van der Waals surface area contributed by atoms with E-state index < -0.39 is 17.6 Å². The average molecular weight is 433 g/mol. The van der Waals surface area contributed by atoms with Crippen molar-refractivity contribution < 1.29 is 19.7 Å². The Balaban J connectivity index is 2.99. The first-order valence-electron chi connectivity index (χ1n) is 10.8. The molecule has 0 saturated carbocycles. The van der Waals surface area contributed by atoms with Crippen LogP contribution in [0.15, 0.2) is 23.0 Å². The van der Waals surface area contributed by atoms with E-state index in [0.29, 0.717) is 35.4 Å². The summed E-state index contributed by atoms with van der Waals surface area (Å²) in [6, 6.07) is 3.95. The molecule has 0 fully saturated rings. The molecule has 1 unspecified atom stereocenters. The van der Waals surface area contributed by atoms with E-state index in [2.05, 4.69) is 12.2 Å². The third kappa shape index (κ3) is 5.93. The first kappa shape index (κ1) is 24.6. The predicted octanol–water partition coefficient (Wildman–Crippen LogP) is 5.29. The van der Waals surface area contributed by atoms with Gasteiger partial charge in [0.05, 0.1) is 23.7 Å². The summed E-state index contributed by atoms with van der Waals surface area (Å²) in [5.74, 6) is 0.483. The van der Waals surface area contributed by atoms with E-state index in [-0.39, 0.29) is 16.7 Å². The first-order valence-corrected chi connectivity index (χ1v) is 10.8. The zero-order valence-electron chi connectivity index (χ0n) is 19.7. The number of carbonyl (C=O) groups is 1. The second-order valence-corrected chi connectivity index (χ2v) is 10.3. The molecule has 1 aromatic heterocycles. The van der Waals surface area contributed by atoms with E-state index in [1.807, 2.05) is 41.5 Å². The number of nitrogens with zero attached hydrogens (tertiary/aromatic N) is 1. The number of rotatable bonds is 7. The Morgan fingerprint density at radius 3 is 2.32 bits per heavy atom. The zero-order chi connectivity index (χ0) is 23.6. The Kier molecular flexibility index (Phi) is 7.29. The van der Waals surface area contributed by atoms with Crippen molar-refractivity contribution in [1.29, 1.82) is 0 Å². The number of hydrogen-bond donors (Lipinski definition) is 3. The quantitative estimate of drug-likeness (QED) is 0.516. The van der Waals surface area contributed by atoms with Gasteiger partial charge in [0.25, 0.3) is 5.56 Å². The summed E-state index contributed by atoms with van der Waals surface area (Å²) in [4.78, 5) is 25.3. The lowest BCUT2D eigenvalue weighted by molar-refractivity contribution is 0.169. The van der Waals surface area contributed by atoms with Crippen LogP contribution in [0, 0.1) is 10.8 Å². The number of phenolic OH excluding ortho intramolecular Hbond substituents is 1. The molecule has 0 radical (unpaired) electrons. The standard InChI is InChI=1S/C24H36N2O5/c1-8-9-12-31-19-16-11-10-15(27)13-17(16)21(28)26(14-23(2,3)4)18(19)20(24(5,6)7)25-22(29)30/h10-11,13,20,25,27H,8-9,12,14H2,1-7H3,(H,29,30). The Hall–Kier alpha value is -2.70. The number of pyridine rings is 1. The van der Waals surface area contributed by atoms with Gasteiger partial charge < -0.3 is 24.8 Å². The Labute approximate surface area is 184 Å². The van der Waals surface area contributed by atoms with E-state index >= 15 is 0 Å². The van der Waals surface area contributed by atoms with Crippen molar-refractivity contribution in [2.45, 2.75) is 73.9 Å². The fourth-order valence-corrected chi connectivity index (χ4v) is 3.63. The highest BCUT2D eigenvalue weighted by Gasteiger charge is 2.35. The molecule has 1 heterocycles. The second-order valence-electron chi connectivity index (χ2n) is 10.3. The van der Waals surface area contributed by atoms with Crippen LogP contribution in [0.3, 0.4) is 0 Å². The van der Waals surface area contributed by atoms with E-state index in [1.165, 1.54) is 12.1 Å². The van der Waals surface area contributed by atoms with Gasteiger partial charge in [0.15, 0.2) is 0 Å². The van der Waals surface area contributed by atoms with E-state index in [4.69, 9.17) is 4.74 Å². The van der Waals surface area contributed by atoms with Gasteiger partial charge in [0.2, 0.25) is 0 Å². The van der Waals surface area contributed by atoms with E-state index in [0.717, 1.165) is 12.8 Å². The van der Waals surface area contributed by atoms with Crippen LogP contribution >= 0.6 is 0 Å². The number of hydrogen-bond acceptors (Lipinski definition) is 4. The van der Waals surface area contributed by atoms with Gasteiger partial charge in [-0.3, -0.25) is 4.79 Å². The molecule has 0 aliphatic carbocycles. The molecule has 1 atom stereocenters. The molecule has 172 valence electrons. The maximum atomic E-state index is 13.6. The smallest absolute Gasteiger partial charge is 0.405 e. The van der Waals surface area contributed by atoms with Crippen molar-refractivity contribution in [3.05, 3.63) is 34.2 Å². The van der Waals surface area contributed by atoms with Crippen molar-refractivity contribution in [2.24, 2.45) is 10.8 Å². The SMILES string of the molecule is CCCCOc1c(C(NC(=O)O)C(C)(C)C)n(CC(C)(C)C)c(=O)c2cc(O)ccc12. The van der Waals surface area contributed by atoms with Gasteiger partial charge in [-0.05, 0) is 35.4 Å². The van der Waals surface area contributed by atoms with Crippen LogP contribution in [0.25, 0.3) is 10.8 Å². The number of nitrogens with one attached hydrogen (secondary N) is 1. The highest BCUT2D eigenvalue weighted by Crippen LogP contribution is 2.41. The fraction of sp³-hybridized carbons (Fsp3) is 0.583. The third-order valence-corrected chi connectivity index (χ3v) is 5.03. The molecule has 2 rings (SSSR count). The summed E-state index contributed by atoms with van der Waals surface area (Å²) in [6.45, 7) is 14.7. The van der Waals surface area contributed by atoms with Crippen LogP contribution in [0.4, 0.5) is 4.79 Å². The number of aromatic nitrogens is 1. The number of benzene rings is 1. The summed E-state index contributed by atoms with van der Waals surface area (Å²) < 4.78 is 7.84. The number of fused-ring (bicyclic) bond motifs is 1. The predicted molar refractivity (Wildman–Crippen MR) is 123 cm³/mol. The van der Waals surface area contributed by atoms with Crippen molar-refractivity contribution >= 4 is 16.9 Å². The first-order chi connectivity index (χ1) is 14.3. The van der Waals surface area contributed by atoms with Crippen LogP contribution in [0.5, 0.6) is 11.5 Å². The van der Waals surface area contributed by atoms with Gasteiger partial charge >= 0.3 is 6.09 Å². The molecular formula is C24H36N2O5. The maximum Gasteiger partial charge on any atom is 0.405 e. The molecule has 0 bridgehead atoms. The number of aromatic hydroxyl groups is 1. The number of phenols is 1. The van der Waals surface area contributed by atoms with Gasteiger partial charge in [-0.25, -0.2) is 4.79 Å². The van der Waals surface area contributed by atoms with Gasteiger partial charge in [-0.15, -0.1) is 0 Å². The highest BCUT2D eigenvalue weighted by atomic mass is 16.5. The van der Waals surface area contributed by atoms with Crippen LogP contribution in [-0.4, -0.2) is 27.5 Å². The summed E-state index contributed by atoms with van der Waals surface area (Å²) in [7, 11) is 0. The highest BCUT2D eigenvalue weighted by molar-refractivity contribution is 5.90. The lowest BCUT2D eigenvalue weighted by Gasteiger charge is -2.35. The Bertz CT molecular complexity index is 996. The number of amides is 1. The third-order valence-electron chi connectivity index (χ3n) is 5.03. The average Bonchev–Trinajstić information content (AvgIpc) is 2.62. The lowest BCUT2D eigenvalue weighted by atomic mass is 9.83. The van der Waals surface area contributed by atoms with Gasteiger partial charge in [-0.1, -0.05) is 54.9 Å². The molecule has 7 nitrogen and oxygen atoms in total. The normalized spacial score (nSPS) is 13.3. The molecule has 0 aliphatic rings. The summed E-state index contributed by atoms with van der Waals surface area (Å²) in [5.41, 5.74) is -0.544. The van der Waals surface area contributed by atoms with Gasteiger partial charge in [-0.2, -0.15) is 0 Å². The number of carboxylic acid groups (broad SMARTS) is 1. The molecule has 1 amide bonds. The molecule has 1 aromatic carbocycles. The lowest BCUT2D eigenvalue weighted by Crippen LogP contribution is -2.41. The van der Waals surface area contributed by atoms with Crippen LogP contribution in [0.1, 0.15) is 73.0 Å². The fourth-order valence-electron chi connectivity index (χ4n) is 3.63. The molecule has 0 aliphatic heterocycles. The summed E-state index contributed by atoms with van der Waals surface area (Å²) >= 11 is 0. The summed E-state index contributed by atoms with van der Waals surface area (Å²) in [5, 5.41) is 23.2. The van der Waals surface area contributed by atoms with Crippen molar-refractivity contribution in [3.63, 3.8) is 0 Å². The van der Waals surface area contributed by atoms with Gasteiger partial charge in [0.1, 0.15) is 11.5 Å². The Morgan fingerprint density at radius 1 is 1.16 bits per heavy atom. The monoisotopic (exact) mass is 432 g/mol. The van der Waals surface area contributed by atoms with Crippen LogP contribution < -0.4 is 15.6 Å². The molecule has 2 aromatic rings. The van der Waals surface area contributed by atoms with E-state index in [9.17, 15) is 19.8 Å². The second kappa shape index (κ2) is 9.20. The number of ether oxygens (including phenoxy) is 1. The van der Waals surface area contributed by atoms with Crippen molar-refractivity contribution in [2.75, 3.05) is 6.61 Å². The Morgan fingerprint density at radius 2 is 1.81 bits per heavy atom. The zero-order valence-corrected chi connectivity index (χ0v) is 19.7. The maximum absolute atomic E-state index is 13.6. The van der Waals surface area contributed by atoms with Crippen LogP contribution in [-0.2, 0) is 6.54 Å². The topological polar surface area (TPSA) is 101 Å². The molecule has 0 spiro atoms. The molecule has 7 heteroatoms. The van der Waals surface area contributed by atoms with Crippen molar-refractivity contribution in [3.8, 4) is 11.5 Å². The van der Waals surface area contributed by atoms with Crippen LogP contribution in [0.2, 0.25) is 0 Å². The number of unbranched alkanes of at least 4 members (excludes halogenated alkanes) is 1. The van der Waals surface area contributed by atoms with Crippen molar-refractivity contribution in [1.82, 2.24) is 9.88 Å². The molecular weight excluding hydrogens is 396 g/mol. The van der Waals surface area contributed by atoms with Gasteiger partial charge in [0, 0.05) is 11.9 Å². The largest absolute Gasteiger partial charge is 0.508 e. The summed E-state index contributed by atoms with van der Waals surface area (Å²) in [6.07, 6.45) is 0.593. The minimum Gasteiger partial charge on any atom is -0.508 e. The molecule has 31 heavy (non-hydrogen) atoms.